The fraction of sp³-hybridized carbons (Fsp3) is 0.700. The van der Waals surface area contributed by atoms with Crippen molar-refractivity contribution in [3.05, 3.63) is 17.6 Å². The van der Waals surface area contributed by atoms with Crippen LogP contribution in [0.2, 0.25) is 0 Å². The van der Waals surface area contributed by atoms with Crippen LogP contribution in [0.4, 0.5) is 10.6 Å². The molecule has 2 amide bonds. The number of nitrogens with zero attached hydrogens (tertiary/aromatic N) is 4. The average Bonchev–Trinajstić information content (AvgIpc) is 3.27. The maximum absolute atomic E-state index is 12.6. The van der Waals surface area contributed by atoms with E-state index in [1.165, 1.54) is 13.5 Å². The second-order valence-electron chi connectivity index (χ2n) is 8.10. The highest BCUT2D eigenvalue weighted by atomic mass is 16.6. The van der Waals surface area contributed by atoms with Gasteiger partial charge in [-0.25, -0.2) is 14.8 Å². The Hall–Kier alpha value is -2.22. The van der Waals surface area contributed by atoms with Crippen LogP contribution in [0, 0.1) is 6.92 Å². The van der Waals surface area contributed by atoms with E-state index in [1.54, 1.807) is 9.80 Å². The van der Waals surface area contributed by atoms with Gasteiger partial charge in [0.2, 0.25) is 5.91 Å². The first-order valence-electron chi connectivity index (χ1n) is 10.2. The smallest absolute Gasteiger partial charge is 0.416 e. The van der Waals surface area contributed by atoms with Gasteiger partial charge in [0.25, 0.3) is 0 Å². The Labute approximate surface area is 165 Å². The van der Waals surface area contributed by atoms with Crippen molar-refractivity contribution in [2.75, 3.05) is 31.7 Å². The van der Waals surface area contributed by atoms with Gasteiger partial charge in [-0.05, 0) is 45.4 Å². The molecule has 1 spiro atoms. The molecule has 0 N–H and O–H groups in total. The minimum atomic E-state index is -0.373. The van der Waals surface area contributed by atoms with E-state index >= 15 is 0 Å². The highest BCUT2D eigenvalue weighted by Crippen LogP contribution is 2.39. The van der Waals surface area contributed by atoms with Gasteiger partial charge in [0.15, 0.2) is 5.82 Å². The molecule has 1 unspecified atom stereocenters. The predicted molar refractivity (Wildman–Crippen MR) is 102 cm³/mol. The van der Waals surface area contributed by atoms with Crippen molar-refractivity contribution in [2.24, 2.45) is 0 Å². The number of likely N-dealkylation sites (tertiary alicyclic amines) is 1. The number of carbonyl (C=O) groups excluding carboxylic acids is 2. The fourth-order valence-corrected chi connectivity index (χ4v) is 4.66. The summed E-state index contributed by atoms with van der Waals surface area (Å²) >= 11 is 0. The fourth-order valence-electron chi connectivity index (χ4n) is 4.66. The Kier molecular flexibility index (Phi) is 5.23. The van der Waals surface area contributed by atoms with Gasteiger partial charge >= 0.3 is 6.09 Å². The number of methoxy groups -OCH3 is 1. The van der Waals surface area contributed by atoms with Gasteiger partial charge in [0, 0.05) is 25.4 Å². The molecule has 8 heteroatoms. The van der Waals surface area contributed by atoms with Crippen molar-refractivity contribution in [1.82, 2.24) is 14.9 Å². The average molecular weight is 388 g/mol. The van der Waals surface area contributed by atoms with Gasteiger partial charge in [0.1, 0.15) is 18.0 Å². The Bertz CT molecular complexity index is 763. The molecule has 0 radical (unpaired) electrons. The molecular formula is C20H28N4O4. The number of aromatic nitrogens is 2. The van der Waals surface area contributed by atoms with E-state index in [-0.39, 0.29) is 30.3 Å². The van der Waals surface area contributed by atoms with Crippen LogP contribution in [0.1, 0.15) is 62.5 Å². The Morgan fingerprint density at radius 3 is 2.82 bits per heavy atom. The summed E-state index contributed by atoms with van der Waals surface area (Å²) in [7, 11) is 1.52. The molecule has 4 rings (SSSR count). The summed E-state index contributed by atoms with van der Waals surface area (Å²) in [4.78, 5) is 37.7. The van der Waals surface area contributed by atoms with E-state index in [9.17, 15) is 9.59 Å². The summed E-state index contributed by atoms with van der Waals surface area (Å²) in [6.45, 7) is 3.16. The number of hydrogen-bond acceptors (Lipinski definition) is 6. The summed E-state index contributed by atoms with van der Waals surface area (Å²) in [6.07, 6.45) is 6.59. The highest BCUT2D eigenvalue weighted by Gasteiger charge is 2.47. The molecule has 1 aromatic rings. The van der Waals surface area contributed by atoms with Gasteiger partial charge in [-0.1, -0.05) is 6.42 Å². The quantitative estimate of drug-likeness (QED) is 0.788. The number of hydrogen-bond donors (Lipinski definition) is 0. The molecule has 0 bridgehead atoms. The van der Waals surface area contributed by atoms with E-state index in [1.807, 2.05) is 13.0 Å². The molecule has 2 saturated heterocycles. The van der Waals surface area contributed by atoms with Crippen molar-refractivity contribution < 1.29 is 19.1 Å². The van der Waals surface area contributed by atoms with E-state index in [4.69, 9.17) is 14.5 Å². The lowest BCUT2D eigenvalue weighted by atomic mass is 9.85. The summed E-state index contributed by atoms with van der Waals surface area (Å²) in [5.41, 5.74) is 0.408. The monoisotopic (exact) mass is 388 g/mol. The molecule has 2 aliphatic heterocycles. The first-order valence-corrected chi connectivity index (χ1v) is 10.2. The largest absolute Gasteiger partial charge is 0.441 e. The Morgan fingerprint density at radius 1 is 1.29 bits per heavy atom. The molecular weight excluding hydrogens is 360 g/mol. The van der Waals surface area contributed by atoms with E-state index in [2.05, 4.69) is 4.98 Å². The van der Waals surface area contributed by atoms with Crippen molar-refractivity contribution in [3.8, 4) is 0 Å². The number of amides is 2. The molecule has 3 fully saturated rings. The van der Waals surface area contributed by atoms with Crippen molar-refractivity contribution in [3.63, 3.8) is 0 Å². The zero-order valence-corrected chi connectivity index (χ0v) is 16.6. The van der Waals surface area contributed by atoms with Gasteiger partial charge in [0.05, 0.1) is 12.6 Å². The maximum atomic E-state index is 12.6. The van der Waals surface area contributed by atoms with Gasteiger partial charge < -0.3 is 14.4 Å². The van der Waals surface area contributed by atoms with Gasteiger partial charge in [-0.3, -0.25) is 9.69 Å². The lowest BCUT2D eigenvalue weighted by molar-refractivity contribution is -0.136. The molecule has 1 aliphatic carbocycles. The molecule has 28 heavy (non-hydrogen) atoms. The van der Waals surface area contributed by atoms with Crippen LogP contribution in [0.15, 0.2) is 6.07 Å². The first-order chi connectivity index (χ1) is 13.5. The summed E-state index contributed by atoms with van der Waals surface area (Å²) < 4.78 is 10.8. The molecule has 152 valence electrons. The number of anilines is 1. The van der Waals surface area contributed by atoms with Crippen LogP contribution < -0.4 is 4.90 Å². The normalized spacial score (nSPS) is 24.1. The SMILES string of the molecule is COCC(=O)N1CCCC1c1nc(C)cc(N2CC3(CCCCC3)OC2=O)n1. The zero-order valence-electron chi connectivity index (χ0n) is 16.6. The van der Waals surface area contributed by atoms with Crippen LogP contribution in [0.5, 0.6) is 0 Å². The van der Waals surface area contributed by atoms with Crippen LogP contribution in [-0.4, -0.2) is 59.3 Å². The number of rotatable bonds is 4. The minimum absolute atomic E-state index is 0.0517. The van der Waals surface area contributed by atoms with Gasteiger partial charge in [-0.15, -0.1) is 0 Å². The number of aryl methyl sites for hydroxylation is 1. The number of ether oxygens (including phenoxy) is 2. The van der Waals surface area contributed by atoms with Crippen molar-refractivity contribution >= 4 is 17.8 Å². The van der Waals surface area contributed by atoms with Crippen molar-refractivity contribution in [1.29, 1.82) is 0 Å². The first kappa shape index (κ1) is 19.1. The molecule has 0 aromatic carbocycles. The van der Waals surface area contributed by atoms with E-state index in [0.717, 1.165) is 44.2 Å². The summed E-state index contributed by atoms with van der Waals surface area (Å²) in [5, 5.41) is 0. The predicted octanol–water partition coefficient (Wildman–Crippen LogP) is 2.75. The maximum Gasteiger partial charge on any atom is 0.416 e. The molecule has 1 atom stereocenters. The highest BCUT2D eigenvalue weighted by molar-refractivity contribution is 5.89. The number of carbonyl (C=O) groups is 2. The lowest BCUT2D eigenvalue weighted by Crippen LogP contribution is -2.37. The third-order valence-electron chi connectivity index (χ3n) is 6.01. The van der Waals surface area contributed by atoms with Crippen LogP contribution in [0.25, 0.3) is 0 Å². The third kappa shape index (κ3) is 3.57. The van der Waals surface area contributed by atoms with E-state index in [0.29, 0.717) is 24.7 Å². The second-order valence-corrected chi connectivity index (χ2v) is 8.10. The Morgan fingerprint density at radius 2 is 2.07 bits per heavy atom. The summed E-state index contributed by atoms with van der Waals surface area (Å²) in [6, 6.07) is 1.65. The van der Waals surface area contributed by atoms with Crippen LogP contribution >= 0.6 is 0 Å². The van der Waals surface area contributed by atoms with E-state index < -0.39 is 0 Å². The molecule has 3 heterocycles. The van der Waals surface area contributed by atoms with Crippen LogP contribution in [0.3, 0.4) is 0 Å². The Balaban J connectivity index is 1.59. The second kappa shape index (κ2) is 7.66. The van der Waals surface area contributed by atoms with Gasteiger partial charge in [-0.2, -0.15) is 0 Å². The lowest BCUT2D eigenvalue weighted by Gasteiger charge is -2.30. The van der Waals surface area contributed by atoms with Crippen LogP contribution in [-0.2, 0) is 14.3 Å². The topological polar surface area (TPSA) is 84.9 Å². The third-order valence-corrected chi connectivity index (χ3v) is 6.01. The molecule has 1 aromatic heterocycles. The molecule has 3 aliphatic rings. The van der Waals surface area contributed by atoms with Crippen molar-refractivity contribution in [2.45, 2.75) is 63.5 Å². The minimum Gasteiger partial charge on any atom is -0.441 e. The standard InChI is InChI=1S/C20H28N4O4/c1-14-11-16(24-13-20(28-19(24)26)8-4-3-5-9-20)22-18(21-14)15-7-6-10-23(15)17(25)12-27-2/h11,15H,3-10,12-13H2,1-2H3. The summed E-state index contributed by atoms with van der Waals surface area (Å²) in [5.74, 6) is 1.11. The zero-order chi connectivity index (χ0) is 19.7. The molecule has 1 saturated carbocycles. The molecule has 8 nitrogen and oxygen atoms in total.